The highest BCUT2D eigenvalue weighted by atomic mass is 14.9. The number of hydrogen-bond acceptors (Lipinski definition) is 2. The molecular formula is C16H20N2. The monoisotopic (exact) mass is 240 g/mol. The average molecular weight is 240 g/mol. The Labute approximate surface area is 108 Å². The van der Waals surface area contributed by atoms with Crippen LogP contribution in [0.25, 0.3) is 10.8 Å². The van der Waals surface area contributed by atoms with Gasteiger partial charge in [0.05, 0.1) is 0 Å². The molecule has 0 saturated heterocycles. The summed E-state index contributed by atoms with van der Waals surface area (Å²) < 4.78 is 0. The van der Waals surface area contributed by atoms with E-state index in [1.54, 1.807) is 0 Å². The molecule has 2 aromatic rings. The summed E-state index contributed by atoms with van der Waals surface area (Å²) in [5, 5.41) is 6.14. The molecule has 1 aromatic carbocycles. The van der Waals surface area contributed by atoms with Gasteiger partial charge in [0.15, 0.2) is 0 Å². The van der Waals surface area contributed by atoms with Crippen LogP contribution in [-0.4, -0.2) is 18.1 Å². The molecule has 1 N–H and O–H groups in total. The lowest BCUT2D eigenvalue weighted by Crippen LogP contribution is -2.33. The zero-order valence-electron chi connectivity index (χ0n) is 10.9. The van der Waals surface area contributed by atoms with Gasteiger partial charge in [0.1, 0.15) is 0 Å². The fourth-order valence-corrected chi connectivity index (χ4v) is 3.01. The van der Waals surface area contributed by atoms with Gasteiger partial charge >= 0.3 is 0 Å². The number of aromatic nitrogens is 1. The highest BCUT2D eigenvalue weighted by Gasteiger charge is 2.32. The van der Waals surface area contributed by atoms with Gasteiger partial charge in [0.2, 0.25) is 0 Å². The van der Waals surface area contributed by atoms with Crippen LogP contribution in [0.3, 0.4) is 0 Å². The molecule has 1 heterocycles. The van der Waals surface area contributed by atoms with Crippen molar-refractivity contribution in [3.8, 4) is 0 Å². The third kappa shape index (κ3) is 2.01. The number of rotatable bonds is 4. The Balaban J connectivity index is 1.90. The molecule has 1 saturated carbocycles. The molecule has 1 aliphatic carbocycles. The summed E-state index contributed by atoms with van der Waals surface area (Å²) in [6.45, 7) is 4.40. The lowest BCUT2D eigenvalue weighted by molar-refractivity contribution is 0.249. The molecule has 1 aromatic heterocycles. The molecule has 0 spiro atoms. The quantitative estimate of drug-likeness (QED) is 0.886. The second kappa shape index (κ2) is 5.07. The maximum atomic E-state index is 4.29. The molecule has 0 amide bonds. The van der Waals surface area contributed by atoms with Gasteiger partial charge in [-0.15, -0.1) is 0 Å². The van der Waals surface area contributed by atoms with E-state index in [4.69, 9.17) is 0 Å². The van der Waals surface area contributed by atoms with Crippen molar-refractivity contribution in [2.75, 3.05) is 13.1 Å². The number of nitrogens with one attached hydrogen (secondary N) is 1. The average Bonchev–Trinajstić information content (AvgIpc) is 2.38. The first-order valence-electron chi connectivity index (χ1n) is 6.93. The van der Waals surface area contributed by atoms with Crippen LogP contribution in [0.5, 0.6) is 0 Å². The van der Waals surface area contributed by atoms with Crippen LogP contribution in [0.2, 0.25) is 0 Å². The Morgan fingerprint density at radius 1 is 1.28 bits per heavy atom. The van der Waals surface area contributed by atoms with Gasteiger partial charge in [-0.3, -0.25) is 4.98 Å². The first kappa shape index (κ1) is 11.7. The lowest BCUT2D eigenvalue weighted by Gasteiger charge is -2.37. The summed E-state index contributed by atoms with van der Waals surface area (Å²) in [6.07, 6.45) is 6.58. The predicted molar refractivity (Wildman–Crippen MR) is 75.8 cm³/mol. The van der Waals surface area contributed by atoms with Crippen LogP contribution < -0.4 is 5.32 Å². The van der Waals surface area contributed by atoms with Crippen molar-refractivity contribution in [3.63, 3.8) is 0 Å². The summed E-state index contributed by atoms with van der Waals surface area (Å²) in [4.78, 5) is 4.29. The minimum absolute atomic E-state index is 0.719. The van der Waals surface area contributed by atoms with Crippen molar-refractivity contribution < 1.29 is 0 Å². The van der Waals surface area contributed by atoms with E-state index in [-0.39, 0.29) is 0 Å². The number of pyridine rings is 1. The van der Waals surface area contributed by atoms with Crippen molar-refractivity contribution in [1.29, 1.82) is 0 Å². The van der Waals surface area contributed by atoms with Gasteiger partial charge in [-0.1, -0.05) is 25.1 Å². The molecule has 2 heteroatoms. The molecule has 18 heavy (non-hydrogen) atoms. The Hall–Kier alpha value is -1.41. The van der Waals surface area contributed by atoms with E-state index in [1.165, 1.54) is 29.2 Å². The molecule has 94 valence electrons. The van der Waals surface area contributed by atoms with Gasteiger partial charge in [0.25, 0.3) is 0 Å². The Morgan fingerprint density at radius 2 is 2.22 bits per heavy atom. The van der Waals surface area contributed by atoms with Crippen LogP contribution in [0.4, 0.5) is 0 Å². The maximum absolute atomic E-state index is 4.29. The molecule has 2 atom stereocenters. The fourth-order valence-electron chi connectivity index (χ4n) is 3.01. The summed E-state index contributed by atoms with van der Waals surface area (Å²) in [7, 11) is 0. The Kier molecular flexibility index (Phi) is 3.28. The molecule has 0 aliphatic heterocycles. The number of benzene rings is 1. The van der Waals surface area contributed by atoms with E-state index in [2.05, 4.69) is 41.5 Å². The van der Waals surface area contributed by atoms with E-state index in [0.717, 1.165) is 24.9 Å². The van der Waals surface area contributed by atoms with Crippen molar-refractivity contribution >= 4 is 10.8 Å². The van der Waals surface area contributed by atoms with Gasteiger partial charge in [-0.25, -0.2) is 0 Å². The highest BCUT2D eigenvalue weighted by molar-refractivity contribution is 5.85. The molecule has 2 unspecified atom stereocenters. The summed E-state index contributed by atoms with van der Waals surface area (Å²) in [6, 6.07) is 8.75. The molecule has 1 fully saturated rings. The normalized spacial score (nSPS) is 22.9. The minimum atomic E-state index is 0.719. The topological polar surface area (TPSA) is 24.9 Å². The van der Waals surface area contributed by atoms with Gasteiger partial charge < -0.3 is 5.32 Å². The number of nitrogens with zero attached hydrogens (tertiary/aromatic N) is 1. The Bertz CT molecular complexity index is 530. The van der Waals surface area contributed by atoms with Crippen molar-refractivity contribution in [2.24, 2.45) is 5.92 Å². The standard InChI is InChI=1S/C16H20N2/c1-2-17-10-13-6-7-14(13)15-5-3-4-12-8-9-18-11-16(12)15/h3-5,8-9,11,13-14,17H,2,6-7,10H2,1H3. The van der Waals surface area contributed by atoms with Crippen LogP contribution in [0, 0.1) is 5.92 Å². The third-order valence-corrected chi connectivity index (χ3v) is 4.19. The molecule has 0 radical (unpaired) electrons. The second-order valence-corrected chi connectivity index (χ2v) is 5.20. The largest absolute Gasteiger partial charge is 0.317 e. The molecule has 3 rings (SSSR count). The first-order valence-corrected chi connectivity index (χ1v) is 6.93. The zero-order valence-corrected chi connectivity index (χ0v) is 10.9. The SMILES string of the molecule is CCNCC1CCC1c1cccc2ccncc12. The van der Waals surface area contributed by atoms with Crippen molar-refractivity contribution in [3.05, 3.63) is 42.2 Å². The van der Waals surface area contributed by atoms with Gasteiger partial charge in [0, 0.05) is 17.8 Å². The minimum Gasteiger partial charge on any atom is -0.317 e. The van der Waals surface area contributed by atoms with Crippen LogP contribution in [0.15, 0.2) is 36.7 Å². The summed E-state index contributed by atoms with van der Waals surface area (Å²) >= 11 is 0. The van der Waals surface area contributed by atoms with Crippen molar-refractivity contribution in [2.45, 2.75) is 25.7 Å². The van der Waals surface area contributed by atoms with Crippen LogP contribution >= 0.6 is 0 Å². The van der Waals surface area contributed by atoms with Gasteiger partial charge in [-0.05, 0) is 54.8 Å². The summed E-state index contributed by atoms with van der Waals surface area (Å²) in [5.74, 6) is 1.52. The van der Waals surface area contributed by atoms with Gasteiger partial charge in [-0.2, -0.15) is 0 Å². The van der Waals surface area contributed by atoms with E-state index >= 15 is 0 Å². The Morgan fingerprint density at radius 3 is 3.00 bits per heavy atom. The molecule has 2 nitrogen and oxygen atoms in total. The second-order valence-electron chi connectivity index (χ2n) is 5.20. The van der Waals surface area contributed by atoms with E-state index in [0.29, 0.717) is 0 Å². The smallest absolute Gasteiger partial charge is 0.0349 e. The molecule has 0 bridgehead atoms. The predicted octanol–water partition coefficient (Wildman–Crippen LogP) is 3.34. The maximum Gasteiger partial charge on any atom is 0.0349 e. The van der Waals surface area contributed by atoms with E-state index < -0.39 is 0 Å². The van der Waals surface area contributed by atoms with Crippen LogP contribution in [-0.2, 0) is 0 Å². The lowest BCUT2D eigenvalue weighted by atomic mass is 9.69. The number of fused-ring (bicyclic) bond motifs is 1. The van der Waals surface area contributed by atoms with E-state index in [9.17, 15) is 0 Å². The first-order chi connectivity index (χ1) is 8.90. The fraction of sp³-hybridized carbons (Fsp3) is 0.438. The zero-order chi connectivity index (χ0) is 12.4. The highest BCUT2D eigenvalue weighted by Crippen LogP contribution is 2.44. The van der Waals surface area contributed by atoms with Crippen molar-refractivity contribution in [1.82, 2.24) is 10.3 Å². The summed E-state index contributed by atoms with van der Waals surface area (Å²) in [5.41, 5.74) is 1.50. The van der Waals surface area contributed by atoms with Crippen LogP contribution in [0.1, 0.15) is 31.2 Å². The molecule has 1 aliphatic rings. The third-order valence-electron chi connectivity index (χ3n) is 4.19. The van der Waals surface area contributed by atoms with E-state index in [1.807, 2.05) is 12.4 Å². The number of hydrogen-bond donors (Lipinski definition) is 1. The molecular weight excluding hydrogens is 220 g/mol.